The van der Waals surface area contributed by atoms with Crippen LogP contribution in [-0.4, -0.2) is 6.85 Å². The molecule has 0 bridgehead atoms. The summed E-state index contributed by atoms with van der Waals surface area (Å²) in [5, 5.41) is 9.55. The molecule has 196 valence electrons. The first-order chi connectivity index (χ1) is 20.7. The first-order valence-corrected chi connectivity index (χ1v) is 14.4. The fraction of sp³-hybridized carbons (Fsp3) is 0. The maximum Gasteiger partial charge on any atom is 0.328 e. The van der Waals surface area contributed by atoms with E-state index >= 15 is 0 Å². The Morgan fingerprint density at radius 3 is 1.93 bits per heavy atom. The molecule has 0 saturated heterocycles. The summed E-state index contributed by atoms with van der Waals surface area (Å²) in [6.45, 7) is 8.93. The zero-order chi connectivity index (χ0) is 28.2. The second-order valence-corrected chi connectivity index (χ2v) is 11.2. The van der Waals surface area contributed by atoms with Crippen LogP contribution in [0.25, 0.3) is 56.1 Å². The predicted octanol–water partition coefficient (Wildman–Crippen LogP) is 8.15. The Balaban J connectivity index is 1.50. The zero-order valence-corrected chi connectivity index (χ0v) is 23.3. The van der Waals surface area contributed by atoms with E-state index in [4.69, 9.17) is 6.58 Å². The number of rotatable bonds is 3. The summed E-state index contributed by atoms with van der Waals surface area (Å²) < 4.78 is 0. The van der Waals surface area contributed by atoms with Crippen LogP contribution in [0.3, 0.4) is 0 Å². The summed E-state index contributed by atoms with van der Waals surface area (Å²) in [5.41, 5.74) is 7.18. The van der Waals surface area contributed by atoms with Crippen LogP contribution in [0.4, 0.5) is 11.4 Å². The van der Waals surface area contributed by atoms with Crippen LogP contribution >= 0.6 is 0 Å². The van der Waals surface area contributed by atoms with Gasteiger partial charge in [-0.15, -0.1) is 6.58 Å². The van der Waals surface area contributed by atoms with Crippen LogP contribution in [0.2, 0.25) is 0 Å². The van der Waals surface area contributed by atoms with Crippen molar-refractivity contribution < 1.29 is 0 Å². The molecule has 0 amide bonds. The Morgan fingerprint density at radius 1 is 0.571 bits per heavy atom. The minimum Gasteiger partial charge on any atom is -0.376 e. The average molecular weight is 533 g/mol. The number of nitrogens with zero attached hydrogens (tertiary/aromatic N) is 1. The van der Waals surface area contributed by atoms with Gasteiger partial charge >= 0.3 is 6.85 Å². The van der Waals surface area contributed by atoms with Gasteiger partial charge in [-0.2, -0.15) is 0 Å². The Labute approximate surface area is 246 Å². The van der Waals surface area contributed by atoms with E-state index in [0.29, 0.717) is 0 Å². The molecule has 1 aliphatic heterocycles. The molecule has 0 spiro atoms. The van der Waals surface area contributed by atoms with E-state index in [-0.39, 0.29) is 6.85 Å². The zero-order valence-electron chi connectivity index (χ0n) is 23.3. The van der Waals surface area contributed by atoms with Crippen molar-refractivity contribution in [2.24, 2.45) is 0 Å². The Kier molecular flexibility index (Phi) is 5.62. The van der Waals surface area contributed by atoms with Crippen LogP contribution < -0.4 is 20.7 Å². The monoisotopic (exact) mass is 533 g/mol. The maximum absolute atomic E-state index is 4.74. The van der Waals surface area contributed by atoms with Crippen LogP contribution in [0.1, 0.15) is 0 Å². The van der Waals surface area contributed by atoms with Gasteiger partial charge in [0.05, 0.1) is 0 Å². The third-order valence-electron chi connectivity index (χ3n) is 8.69. The van der Waals surface area contributed by atoms with E-state index in [9.17, 15) is 0 Å². The molecule has 1 aliphatic rings. The molecule has 8 rings (SSSR count). The number of hydrogen-bond acceptors (Lipinski definition) is 1. The minimum atomic E-state index is -0.112. The molecule has 1 heterocycles. The lowest BCUT2D eigenvalue weighted by Crippen LogP contribution is -2.51. The highest BCUT2D eigenvalue weighted by atomic mass is 15.1. The average Bonchev–Trinajstić information content (AvgIpc) is 3.04. The molecule has 0 fully saturated rings. The number of benzene rings is 7. The van der Waals surface area contributed by atoms with Crippen LogP contribution in [0.15, 0.2) is 152 Å². The Morgan fingerprint density at radius 2 is 1.17 bits per heavy atom. The van der Waals surface area contributed by atoms with E-state index < -0.39 is 0 Å². The van der Waals surface area contributed by atoms with Crippen LogP contribution in [0, 0.1) is 0 Å². The highest BCUT2D eigenvalue weighted by Crippen LogP contribution is 2.47. The standard InChI is InChI=1S/C40H28BN/c1-27-11-3-4-15-32(27)25-28(2)41-37-23-20-30-13-7-9-17-35(30)39(37)40-36-18-10-8-14-31(36)21-24-38(40)42(41)34-22-19-29-12-5-6-16-33(29)26-34/h3-26H,1-2H2/b32-25-. The van der Waals surface area contributed by atoms with Crippen molar-refractivity contribution in [3.63, 3.8) is 0 Å². The number of hydrogen-bond donors (Lipinski definition) is 0. The van der Waals surface area contributed by atoms with Crippen molar-refractivity contribution >= 4 is 68.7 Å². The van der Waals surface area contributed by atoms with Gasteiger partial charge in [0, 0.05) is 16.9 Å². The van der Waals surface area contributed by atoms with Crippen molar-refractivity contribution in [2.75, 3.05) is 4.81 Å². The smallest absolute Gasteiger partial charge is 0.328 e. The fourth-order valence-corrected chi connectivity index (χ4v) is 6.73. The molecule has 2 heteroatoms. The normalized spacial score (nSPS) is 13.0. The summed E-state index contributed by atoms with van der Waals surface area (Å²) in [6, 6.07) is 50.3. The van der Waals surface area contributed by atoms with Gasteiger partial charge < -0.3 is 4.81 Å². The largest absolute Gasteiger partial charge is 0.376 e. The third kappa shape index (κ3) is 3.80. The lowest BCUT2D eigenvalue weighted by molar-refractivity contribution is 1.38. The summed E-state index contributed by atoms with van der Waals surface area (Å²) >= 11 is 0. The quantitative estimate of drug-likeness (QED) is 0.207. The number of anilines is 2. The second kappa shape index (κ2) is 9.64. The molecule has 0 atom stereocenters. The topological polar surface area (TPSA) is 3.24 Å². The van der Waals surface area contributed by atoms with Crippen molar-refractivity contribution in [3.8, 4) is 11.1 Å². The molecule has 0 N–H and O–H groups in total. The minimum absolute atomic E-state index is 0.112. The Hall–Kier alpha value is -5.34. The van der Waals surface area contributed by atoms with Gasteiger partial charge in [-0.3, -0.25) is 0 Å². The van der Waals surface area contributed by atoms with Gasteiger partial charge in [-0.1, -0.05) is 139 Å². The third-order valence-corrected chi connectivity index (χ3v) is 8.69. The lowest BCUT2D eigenvalue weighted by Gasteiger charge is -2.40. The van der Waals surface area contributed by atoms with Crippen LogP contribution in [-0.2, 0) is 0 Å². The summed E-state index contributed by atoms with van der Waals surface area (Å²) in [4.78, 5) is 2.50. The summed E-state index contributed by atoms with van der Waals surface area (Å²) in [7, 11) is 0. The molecule has 1 nitrogen and oxygen atoms in total. The second-order valence-electron chi connectivity index (χ2n) is 11.2. The molecule has 0 saturated carbocycles. The molecule has 0 aromatic heterocycles. The van der Waals surface area contributed by atoms with E-state index in [0.717, 1.165) is 21.6 Å². The van der Waals surface area contributed by atoms with Gasteiger partial charge in [0.2, 0.25) is 0 Å². The molecule has 0 aliphatic carbocycles. The fourth-order valence-electron chi connectivity index (χ4n) is 6.73. The Bertz CT molecular complexity index is 2320. The molecular weight excluding hydrogens is 505 g/mol. The van der Waals surface area contributed by atoms with Crippen molar-refractivity contribution in [2.45, 2.75) is 0 Å². The first kappa shape index (κ1) is 24.5. The highest BCUT2D eigenvalue weighted by molar-refractivity contribution is 6.87. The van der Waals surface area contributed by atoms with Crippen molar-refractivity contribution in [1.29, 1.82) is 0 Å². The molecule has 7 aromatic rings. The predicted molar refractivity (Wildman–Crippen MR) is 183 cm³/mol. The lowest BCUT2D eigenvalue weighted by atomic mass is 9.45. The highest BCUT2D eigenvalue weighted by Gasteiger charge is 2.38. The molecular formula is C40H28BN. The van der Waals surface area contributed by atoms with Gasteiger partial charge in [-0.05, 0) is 72.0 Å². The van der Waals surface area contributed by atoms with E-state index in [1.807, 2.05) is 6.07 Å². The molecule has 42 heavy (non-hydrogen) atoms. The van der Waals surface area contributed by atoms with Crippen molar-refractivity contribution in [3.05, 3.63) is 162 Å². The summed E-state index contributed by atoms with van der Waals surface area (Å²) in [5.74, 6) is 0. The number of fused-ring (bicyclic) bond motifs is 8. The van der Waals surface area contributed by atoms with E-state index in [2.05, 4.69) is 151 Å². The molecule has 7 aromatic carbocycles. The summed E-state index contributed by atoms with van der Waals surface area (Å²) in [6.07, 6.45) is 2.21. The maximum atomic E-state index is 4.74. The molecule has 0 radical (unpaired) electrons. The van der Waals surface area contributed by atoms with Gasteiger partial charge in [0.25, 0.3) is 0 Å². The SMILES string of the molecule is C=C(/C=c1/ccccc1=C)B1c2ccc3ccccc3c2-c2c(ccc3ccccc23)N1c1ccc2ccccc2c1. The molecule has 0 unspecified atom stereocenters. The van der Waals surface area contributed by atoms with Gasteiger partial charge in [0.15, 0.2) is 0 Å². The number of allylic oxidation sites excluding steroid dienone is 1. The first-order valence-electron chi connectivity index (χ1n) is 14.4. The van der Waals surface area contributed by atoms with Crippen molar-refractivity contribution in [1.82, 2.24) is 0 Å². The van der Waals surface area contributed by atoms with Gasteiger partial charge in [-0.25, -0.2) is 0 Å². The van der Waals surface area contributed by atoms with Gasteiger partial charge in [0.1, 0.15) is 0 Å². The van der Waals surface area contributed by atoms with E-state index in [1.165, 1.54) is 54.6 Å². The van der Waals surface area contributed by atoms with E-state index in [1.54, 1.807) is 0 Å². The van der Waals surface area contributed by atoms with Crippen LogP contribution in [0.5, 0.6) is 0 Å².